The zero-order chi connectivity index (χ0) is 21.3. The van der Waals surface area contributed by atoms with Crippen molar-refractivity contribution in [2.45, 2.75) is 98.5 Å². The van der Waals surface area contributed by atoms with E-state index in [4.69, 9.17) is 0 Å². The second-order valence-corrected chi connectivity index (χ2v) is 8.82. The Hall–Kier alpha value is 0.1000. The van der Waals surface area contributed by atoms with Crippen LogP contribution in [0.4, 0.5) is 39.5 Å². The van der Waals surface area contributed by atoms with Gasteiger partial charge < -0.3 is 0 Å². The fourth-order valence-electron chi connectivity index (χ4n) is 3.42. The molecule has 0 spiro atoms. The smallest absolute Gasteiger partial charge is 0.230 e. The van der Waals surface area contributed by atoms with E-state index in [-0.39, 0.29) is 6.42 Å². The van der Waals surface area contributed by atoms with Gasteiger partial charge in [-0.1, -0.05) is 81.4 Å². The van der Waals surface area contributed by atoms with E-state index in [9.17, 15) is 39.5 Å². The second kappa shape index (κ2) is 8.45. The van der Waals surface area contributed by atoms with Crippen molar-refractivity contribution < 1.29 is 39.5 Å². The van der Waals surface area contributed by atoms with Crippen LogP contribution < -0.4 is 0 Å². The molecule has 0 saturated heterocycles. The molecule has 0 heterocycles. The molecule has 0 amide bonds. The van der Waals surface area contributed by atoms with E-state index in [0.717, 1.165) is 32.1 Å². The summed E-state index contributed by atoms with van der Waals surface area (Å²) in [5.41, 5.74) is -5.35. The van der Waals surface area contributed by atoms with Gasteiger partial charge in [0.05, 0.1) is 0 Å². The van der Waals surface area contributed by atoms with E-state index in [1.165, 1.54) is 22.6 Å². The molecule has 0 radical (unpaired) electrons. The summed E-state index contributed by atoms with van der Waals surface area (Å²) in [5.74, 6) is -27.8. The lowest BCUT2D eigenvalue weighted by atomic mass is 9.80. The Morgan fingerprint density at radius 2 is 1.00 bits per heavy atom. The molecule has 0 N–H and O–H groups in total. The summed E-state index contributed by atoms with van der Waals surface area (Å²) in [6.45, 7) is 2.61. The average Bonchev–Trinajstić information content (AvgIpc) is 2.62. The Bertz CT molecular complexity index is 467. The zero-order valence-electron chi connectivity index (χ0n) is 15.1. The van der Waals surface area contributed by atoms with E-state index in [1.807, 2.05) is 6.92 Å². The van der Waals surface area contributed by atoms with Gasteiger partial charge in [-0.15, -0.1) is 0 Å². The van der Waals surface area contributed by atoms with Gasteiger partial charge in [0, 0.05) is 9.84 Å². The van der Waals surface area contributed by atoms with E-state index in [0.29, 0.717) is 19.8 Å². The Morgan fingerprint density at radius 3 is 1.41 bits per heavy atom. The van der Waals surface area contributed by atoms with Crippen LogP contribution in [0.5, 0.6) is 0 Å². The van der Waals surface area contributed by atoms with Crippen LogP contribution in [0.1, 0.15) is 65.2 Å². The minimum atomic E-state index is -6.48. The number of hydrogen-bond donors (Lipinski definition) is 0. The normalized spacial score (nSPS) is 26.7. The molecule has 0 aromatic carbocycles. The molecule has 1 fully saturated rings. The van der Waals surface area contributed by atoms with Crippen LogP contribution in [-0.4, -0.2) is 33.3 Å². The molecule has 1 aliphatic rings. The summed E-state index contributed by atoms with van der Waals surface area (Å²) in [6.07, 6.45) is 5.85. The third kappa shape index (κ3) is 3.69. The topological polar surface area (TPSA) is 0 Å². The van der Waals surface area contributed by atoms with Crippen LogP contribution in [0, 0.1) is 5.92 Å². The molecule has 1 rings (SSSR count). The molecule has 0 aromatic heterocycles. The summed E-state index contributed by atoms with van der Waals surface area (Å²) in [7, 11) is 0. The fourth-order valence-corrected chi connectivity index (χ4v) is 4.35. The van der Waals surface area contributed by atoms with Gasteiger partial charge in [0.2, 0.25) is 0 Å². The Morgan fingerprint density at radius 1 is 0.630 bits per heavy atom. The molecule has 0 nitrogen and oxygen atoms in total. The summed E-state index contributed by atoms with van der Waals surface area (Å²) < 4.78 is 122. The van der Waals surface area contributed by atoms with Crippen LogP contribution >= 0.6 is 22.6 Å². The van der Waals surface area contributed by atoms with Gasteiger partial charge in [0.25, 0.3) is 5.67 Å². The first-order valence-corrected chi connectivity index (χ1v) is 10.2. The highest BCUT2D eigenvalue weighted by Crippen LogP contribution is 2.71. The van der Waals surface area contributed by atoms with E-state index in [1.54, 1.807) is 0 Å². The van der Waals surface area contributed by atoms with Gasteiger partial charge in [-0.05, 0) is 6.42 Å². The highest BCUT2D eigenvalue weighted by atomic mass is 127. The summed E-state index contributed by atoms with van der Waals surface area (Å²) in [5, 5.41) is 0. The Kier molecular flexibility index (Phi) is 7.87. The average molecular weight is 526 g/mol. The number of rotatable bonds is 10. The van der Waals surface area contributed by atoms with Gasteiger partial charge in [-0.3, -0.25) is 0 Å². The molecule has 1 aliphatic carbocycles. The maximum atomic E-state index is 14.8. The van der Waals surface area contributed by atoms with Crippen molar-refractivity contribution in [3.05, 3.63) is 0 Å². The summed E-state index contributed by atoms with van der Waals surface area (Å²) in [6, 6.07) is 0. The van der Waals surface area contributed by atoms with Crippen LogP contribution in [0.25, 0.3) is 0 Å². The van der Waals surface area contributed by atoms with Crippen molar-refractivity contribution in [3.8, 4) is 0 Å². The molecular weight excluding hydrogens is 502 g/mol. The highest BCUT2D eigenvalue weighted by Gasteiger charge is 3.01. The second-order valence-electron chi connectivity index (χ2n) is 7.22. The first kappa shape index (κ1) is 25.1. The molecule has 0 aliphatic heterocycles. The Labute approximate surface area is 166 Å². The lowest BCUT2D eigenvalue weighted by molar-refractivity contribution is -0.303. The SMILES string of the molecule is CCCCCCCCCC(I)C(C)C1(F)C(F)(F)C(F)(F)C(F)(F)C1(F)F. The van der Waals surface area contributed by atoms with Gasteiger partial charge >= 0.3 is 23.7 Å². The summed E-state index contributed by atoms with van der Waals surface area (Å²) in [4.78, 5) is 0. The fraction of sp³-hybridized carbons (Fsp3) is 1.00. The lowest BCUT2D eigenvalue weighted by Crippen LogP contribution is -2.60. The van der Waals surface area contributed by atoms with Crippen molar-refractivity contribution in [3.63, 3.8) is 0 Å². The van der Waals surface area contributed by atoms with Crippen molar-refractivity contribution in [1.29, 1.82) is 0 Å². The first-order chi connectivity index (χ1) is 12.1. The van der Waals surface area contributed by atoms with Crippen LogP contribution in [0.15, 0.2) is 0 Å². The Balaban J connectivity index is 2.86. The zero-order valence-corrected chi connectivity index (χ0v) is 17.2. The van der Waals surface area contributed by atoms with Gasteiger partial charge in [0.1, 0.15) is 0 Å². The number of alkyl halides is 10. The molecule has 2 atom stereocenters. The standard InChI is InChI=1S/C17H24F9I/c1-3-4-5-6-7-8-9-10-12(27)11(2)13(18)14(19,20)16(23,24)17(25,26)15(13,21)22/h11-12H,3-10H2,1-2H3. The largest absolute Gasteiger partial charge is 0.381 e. The quantitative estimate of drug-likeness (QED) is 0.118. The van der Waals surface area contributed by atoms with Gasteiger partial charge in [-0.2, -0.15) is 35.1 Å². The molecule has 10 heteroatoms. The first-order valence-electron chi connectivity index (χ1n) is 8.98. The highest BCUT2D eigenvalue weighted by molar-refractivity contribution is 14.1. The van der Waals surface area contributed by atoms with E-state index in [2.05, 4.69) is 0 Å². The lowest BCUT2D eigenvalue weighted by Gasteiger charge is -2.38. The van der Waals surface area contributed by atoms with Crippen molar-refractivity contribution in [1.82, 2.24) is 0 Å². The molecular formula is C17H24F9I. The predicted molar refractivity (Wildman–Crippen MR) is 93.2 cm³/mol. The monoisotopic (exact) mass is 526 g/mol. The van der Waals surface area contributed by atoms with E-state index < -0.39 is 39.2 Å². The minimum absolute atomic E-state index is 0.00945. The molecule has 0 bridgehead atoms. The number of halogens is 10. The minimum Gasteiger partial charge on any atom is -0.230 e. The third-order valence-electron chi connectivity index (χ3n) is 5.35. The predicted octanol–water partition coefficient (Wildman–Crippen LogP) is 7.83. The molecule has 162 valence electrons. The van der Waals surface area contributed by atoms with Crippen LogP contribution in [0.3, 0.4) is 0 Å². The van der Waals surface area contributed by atoms with Gasteiger partial charge in [-0.25, -0.2) is 4.39 Å². The number of unbranched alkanes of at least 4 members (excludes halogenated alkanes) is 6. The van der Waals surface area contributed by atoms with Crippen molar-refractivity contribution >= 4 is 22.6 Å². The third-order valence-corrected chi connectivity index (χ3v) is 7.05. The maximum Gasteiger partial charge on any atom is 0.381 e. The maximum absolute atomic E-state index is 14.8. The van der Waals surface area contributed by atoms with Gasteiger partial charge in [0.15, 0.2) is 0 Å². The molecule has 0 aromatic rings. The summed E-state index contributed by atoms with van der Waals surface area (Å²) >= 11 is 1.40. The molecule has 2 unspecified atom stereocenters. The number of hydrogen-bond acceptors (Lipinski definition) is 0. The van der Waals surface area contributed by atoms with Crippen molar-refractivity contribution in [2.75, 3.05) is 0 Å². The van der Waals surface area contributed by atoms with Crippen LogP contribution in [0.2, 0.25) is 0 Å². The molecule has 27 heavy (non-hydrogen) atoms. The molecule has 1 saturated carbocycles. The van der Waals surface area contributed by atoms with Crippen molar-refractivity contribution in [2.24, 2.45) is 5.92 Å². The van der Waals surface area contributed by atoms with Crippen LogP contribution in [-0.2, 0) is 0 Å². The van der Waals surface area contributed by atoms with E-state index >= 15 is 0 Å².